The Morgan fingerprint density at radius 1 is 1.23 bits per heavy atom. The van der Waals surface area contributed by atoms with E-state index in [1.165, 1.54) is 0 Å². The molecule has 0 aliphatic heterocycles. The van der Waals surface area contributed by atoms with E-state index in [1.54, 1.807) is 19.1 Å². The SMILES string of the molecule is CCCCCc1nc(NS(=O)(=O)c2ccc(C)cc2C)n[nH]1. The third-order valence-electron chi connectivity index (χ3n) is 3.39. The van der Waals surface area contributed by atoms with Gasteiger partial charge in [0.05, 0.1) is 4.90 Å². The Hall–Kier alpha value is -1.89. The number of nitrogens with zero attached hydrogens (tertiary/aromatic N) is 2. The number of sulfonamides is 1. The molecule has 0 spiro atoms. The summed E-state index contributed by atoms with van der Waals surface area (Å²) in [4.78, 5) is 4.43. The predicted molar refractivity (Wildman–Crippen MR) is 86.3 cm³/mol. The molecule has 1 aromatic carbocycles. The first-order valence-corrected chi connectivity index (χ1v) is 8.92. The molecule has 120 valence electrons. The number of hydrogen-bond acceptors (Lipinski definition) is 4. The van der Waals surface area contributed by atoms with Gasteiger partial charge in [0.15, 0.2) is 0 Å². The number of nitrogens with one attached hydrogen (secondary N) is 2. The Balaban J connectivity index is 2.12. The fourth-order valence-electron chi connectivity index (χ4n) is 2.27. The number of unbranched alkanes of at least 4 members (excludes halogenated alkanes) is 2. The maximum Gasteiger partial charge on any atom is 0.264 e. The van der Waals surface area contributed by atoms with Crippen LogP contribution in [-0.4, -0.2) is 23.6 Å². The lowest BCUT2D eigenvalue weighted by Gasteiger charge is -2.08. The molecule has 0 unspecified atom stereocenters. The first-order valence-electron chi connectivity index (χ1n) is 7.43. The van der Waals surface area contributed by atoms with Gasteiger partial charge in [-0.15, -0.1) is 5.10 Å². The zero-order chi connectivity index (χ0) is 16.2. The first-order chi connectivity index (χ1) is 10.4. The second-order valence-corrected chi connectivity index (χ2v) is 7.09. The smallest absolute Gasteiger partial charge is 0.261 e. The van der Waals surface area contributed by atoms with Crippen molar-refractivity contribution in [2.45, 2.75) is 51.3 Å². The summed E-state index contributed by atoms with van der Waals surface area (Å²) in [5, 5.41) is 6.70. The molecule has 22 heavy (non-hydrogen) atoms. The average Bonchev–Trinajstić information content (AvgIpc) is 2.85. The quantitative estimate of drug-likeness (QED) is 0.767. The second-order valence-electron chi connectivity index (χ2n) is 5.44. The number of anilines is 1. The molecule has 0 saturated carbocycles. The van der Waals surface area contributed by atoms with E-state index in [4.69, 9.17) is 0 Å². The Labute approximate surface area is 131 Å². The molecule has 0 atom stereocenters. The van der Waals surface area contributed by atoms with Crippen LogP contribution in [0.1, 0.15) is 43.1 Å². The zero-order valence-corrected chi connectivity index (χ0v) is 14.0. The summed E-state index contributed by atoms with van der Waals surface area (Å²) in [6.45, 7) is 5.83. The Bertz CT molecular complexity index is 738. The fraction of sp³-hybridized carbons (Fsp3) is 0.467. The molecule has 1 heterocycles. The molecular formula is C15H22N4O2S. The van der Waals surface area contributed by atoms with Crippen LogP contribution >= 0.6 is 0 Å². The van der Waals surface area contributed by atoms with Gasteiger partial charge in [-0.3, -0.25) is 5.10 Å². The van der Waals surface area contributed by atoms with E-state index in [-0.39, 0.29) is 10.8 Å². The molecule has 0 aliphatic rings. The average molecular weight is 322 g/mol. The van der Waals surface area contributed by atoms with Crippen molar-refractivity contribution >= 4 is 16.0 Å². The summed E-state index contributed by atoms with van der Waals surface area (Å²) in [6, 6.07) is 5.21. The molecule has 2 N–H and O–H groups in total. The van der Waals surface area contributed by atoms with Gasteiger partial charge in [0, 0.05) is 6.42 Å². The van der Waals surface area contributed by atoms with E-state index >= 15 is 0 Å². The lowest BCUT2D eigenvalue weighted by atomic mass is 10.2. The molecule has 0 radical (unpaired) electrons. The lowest BCUT2D eigenvalue weighted by Crippen LogP contribution is -2.15. The van der Waals surface area contributed by atoms with Crippen LogP contribution in [-0.2, 0) is 16.4 Å². The summed E-state index contributed by atoms with van der Waals surface area (Å²) < 4.78 is 27.2. The highest BCUT2D eigenvalue weighted by atomic mass is 32.2. The minimum Gasteiger partial charge on any atom is -0.261 e. The van der Waals surface area contributed by atoms with Crippen molar-refractivity contribution in [1.29, 1.82) is 0 Å². The largest absolute Gasteiger partial charge is 0.264 e. The maximum atomic E-state index is 12.4. The van der Waals surface area contributed by atoms with Gasteiger partial charge in [0.25, 0.3) is 16.0 Å². The second kappa shape index (κ2) is 6.91. The zero-order valence-electron chi connectivity index (χ0n) is 13.2. The van der Waals surface area contributed by atoms with Crippen LogP contribution in [0.5, 0.6) is 0 Å². The van der Waals surface area contributed by atoms with Crippen molar-refractivity contribution in [3.63, 3.8) is 0 Å². The number of benzene rings is 1. The molecule has 0 bridgehead atoms. The standard InChI is InChI=1S/C15H22N4O2S/c1-4-5-6-7-14-16-15(18-17-14)19-22(20,21)13-9-8-11(2)10-12(13)3/h8-10H,4-7H2,1-3H3,(H2,16,17,18,19). The van der Waals surface area contributed by atoms with Crippen LogP contribution in [0, 0.1) is 13.8 Å². The topological polar surface area (TPSA) is 87.7 Å². The van der Waals surface area contributed by atoms with Gasteiger partial charge >= 0.3 is 0 Å². The number of aromatic amines is 1. The van der Waals surface area contributed by atoms with E-state index in [0.29, 0.717) is 11.4 Å². The van der Waals surface area contributed by atoms with Crippen LogP contribution in [0.15, 0.2) is 23.1 Å². The van der Waals surface area contributed by atoms with Crippen molar-refractivity contribution in [3.05, 3.63) is 35.2 Å². The van der Waals surface area contributed by atoms with Gasteiger partial charge in [-0.2, -0.15) is 4.98 Å². The van der Waals surface area contributed by atoms with Crippen LogP contribution in [0.2, 0.25) is 0 Å². The number of H-pyrrole nitrogens is 1. The minimum atomic E-state index is -3.67. The number of rotatable bonds is 7. The van der Waals surface area contributed by atoms with Crippen LogP contribution in [0.25, 0.3) is 0 Å². The Kier molecular flexibility index (Phi) is 5.18. The van der Waals surface area contributed by atoms with Gasteiger partial charge in [0.2, 0.25) is 0 Å². The van der Waals surface area contributed by atoms with Gasteiger partial charge in [-0.05, 0) is 31.9 Å². The summed E-state index contributed by atoms with van der Waals surface area (Å²) in [7, 11) is -3.67. The van der Waals surface area contributed by atoms with Gasteiger partial charge < -0.3 is 0 Å². The van der Waals surface area contributed by atoms with E-state index in [9.17, 15) is 8.42 Å². The van der Waals surface area contributed by atoms with Crippen molar-refractivity contribution in [3.8, 4) is 0 Å². The van der Waals surface area contributed by atoms with Crippen LogP contribution in [0.4, 0.5) is 5.95 Å². The predicted octanol–water partition coefficient (Wildman–Crippen LogP) is 2.96. The molecule has 7 heteroatoms. The molecule has 6 nitrogen and oxygen atoms in total. The van der Waals surface area contributed by atoms with Crippen molar-refractivity contribution in [2.24, 2.45) is 0 Å². The monoisotopic (exact) mass is 322 g/mol. The highest BCUT2D eigenvalue weighted by Crippen LogP contribution is 2.18. The molecule has 0 aliphatic carbocycles. The van der Waals surface area contributed by atoms with E-state index < -0.39 is 10.0 Å². The molecular weight excluding hydrogens is 300 g/mol. The van der Waals surface area contributed by atoms with Crippen molar-refractivity contribution in [1.82, 2.24) is 15.2 Å². The van der Waals surface area contributed by atoms with Crippen LogP contribution in [0.3, 0.4) is 0 Å². The summed E-state index contributed by atoms with van der Waals surface area (Å²) in [5.41, 5.74) is 1.72. The normalized spacial score (nSPS) is 11.6. The summed E-state index contributed by atoms with van der Waals surface area (Å²) >= 11 is 0. The lowest BCUT2D eigenvalue weighted by molar-refractivity contribution is 0.600. The molecule has 0 amide bonds. The maximum absolute atomic E-state index is 12.4. The molecule has 0 saturated heterocycles. The molecule has 2 rings (SSSR count). The molecule has 0 fully saturated rings. The number of aromatic nitrogens is 3. The van der Waals surface area contributed by atoms with Gasteiger partial charge in [-0.1, -0.05) is 37.5 Å². The number of hydrogen-bond donors (Lipinski definition) is 2. The highest BCUT2D eigenvalue weighted by Gasteiger charge is 2.19. The van der Waals surface area contributed by atoms with Crippen molar-refractivity contribution < 1.29 is 8.42 Å². The van der Waals surface area contributed by atoms with Gasteiger partial charge in [0.1, 0.15) is 5.82 Å². The third-order valence-corrected chi connectivity index (χ3v) is 4.88. The minimum absolute atomic E-state index is 0.0893. The summed E-state index contributed by atoms with van der Waals surface area (Å²) in [5.74, 6) is 0.790. The molecule has 2 aromatic rings. The highest BCUT2D eigenvalue weighted by molar-refractivity contribution is 7.92. The Morgan fingerprint density at radius 2 is 2.00 bits per heavy atom. The van der Waals surface area contributed by atoms with Gasteiger partial charge in [-0.25, -0.2) is 13.1 Å². The van der Waals surface area contributed by atoms with E-state index in [2.05, 4.69) is 26.8 Å². The van der Waals surface area contributed by atoms with E-state index in [1.807, 2.05) is 13.0 Å². The summed E-state index contributed by atoms with van der Waals surface area (Å²) in [6.07, 6.45) is 4.02. The first kappa shape index (κ1) is 16.5. The van der Waals surface area contributed by atoms with E-state index in [0.717, 1.165) is 31.2 Å². The molecule has 1 aromatic heterocycles. The van der Waals surface area contributed by atoms with Crippen LogP contribution < -0.4 is 4.72 Å². The number of aryl methyl sites for hydroxylation is 3. The third kappa shape index (κ3) is 4.07. The fourth-order valence-corrected chi connectivity index (χ4v) is 3.44. The Morgan fingerprint density at radius 3 is 2.68 bits per heavy atom. The van der Waals surface area contributed by atoms with Crippen molar-refractivity contribution in [2.75, 3.05) is 4.72 Å².